The zero-order valence-corrected chi connectivity index (χ0v) is 13.9. The van der Waals surface area contributed by atoms with Gasteiger partial charge in [0, 0.05) is 23.0 Å². The lowest BCUT2D eigenvalue weighted by atomic mass is 10.2. The lowest BCUT2D eigenvalue weighted by Gasteiger charge is -2.12. The van der Waals surface area contributed by atoms with Gasteiger partial charge in [0.15, 0.2) is 0 Å². The molecule has 2 N–H and O–H groups in total. The summed E-state index contributed by atoms with van der Waals surface area (Å²) in [7, 11) is 0. The van der Waals surface area contributed by atoms with Crippen molar-refractivity contribution >= 4 is 29.0 Å². The van der Waals surface area contributed by atoms with Crippen LogP contribution in [0.15, 0.2) is 48.5 Å². The van der Waals surface area contributed by atoms with Crippen molar-refractivity contribution in [2.24, 2.45) is 0 Å². The molecule has 24 heavy (non-hydrogen) atoms. The summed E-state index contributed by atoms with van der Waals surface area (Å²) in [5, 5.41) is 6.06. The number of halogens is 1. The standard InChI is InChI=1S/C18H19ClN2O3/c19-13-3-1-4-15(11-13)21-18(22)20-14-6-8-16(9-7-14)24-12-17-5-2-10-23-17/h1,3-4,6-9,11,17H,2,5,10,12H2,(H2,20,21,22)/t17-/m1/s1. The van der Waals surface area contributed by atoms with Crippen molar-refractivity contribution < 1.29 is 14.3 Å². The van der Waals surface area contributed by atoms with Gasteiger partial charge in [-0.3, -0.25) is 0 Å². The molecular weight excluding hydrogens is 328 g/mol. The predicted molar refractivity (Wildman–Crippen MR) is 95.0 cm³/mol. The van der Waals surface area contributed by atoms with Crippen LogP contribution in [-0.4, -0.2) is 25.3 Å². The summed E-state index contributed by atoms with van der Waals surface area (Å²) in [6.45, 7) is 1.38. The SMILES string of the molecule is O=C(Nc1ccc(OC[C@H]2CCCO2)cc1)Nc1cccc(Cl)c1. The third kappa shape index (κ3) is 4.88. The number of ether oxygens (including phenoxy) is 2. The van der Waals surface area contributed by atoms with E-state index in [1.165, 1.54) is 0 Å². The second-order valence-corrected chi connectivity index (χ2v) is 6.00. The fourth-order valence-electron chi connectivity index (χ4n) is 2.46. The minimum Gasteiger partial charge on any atom is -0.491 e. The molecule has 1 fully saturated rings. The van der Waals surface area contributed by atoms with Crippen LogP contribution >= 0.6 is 11.6 Å². The number of urea groups is 1. The molecule has 0 radical (unpaired) electrons. The van der Waals surface area contributed by atoms with Gasteiger partial charge in [0.1, 0.15) is 12.4 Å². The van der Waals surface area contributed by atoms with Crippen molar-refractivity contribution in [1.82, 2.24) is 0 Å². The number of hydrogen-bond acceptors (Lipinski definition) is 3. The Kier molecular flexibility index (Phi) is 5.56. The number of carbonyl (C=O) groups is 1. The monoisotopic (exact) mass is 346 g/mol. The number of carbonyl (C=O) groups excluding carboxylic acids is 1. The van der Waals surface area contributed by atoms with E-state index in [0.717, 1.165) is 25.2 Å². The third-order valence-electron chi connectivity index (χ3n) is 3.65. The Morgan fingerprint density at radius 3 is 2.67 bits per heavy atom. The zero-order chi connectivity index (χ0) is 16.8. The summed E-state index contributed by atoms with van der Waals surface area (Å²) in [5.74, 6) is 0.756. The molecule has 1 saturated heterocycles. The summed E-state index contributed by atoms with van der Waals surface area (Å²) < 4.78 is 11.2. The lowest BCUT2D eigenvalue weighted by molar-refractivity contribution is 0.0679. The quantitative estimate of drug-likeness (QED) is 0.835. The molecule has 1 atom stereocenters. The van der Waals surface area contributed by atoms with E-state index in [1.807, 2.05) is 12.1 Å². The first-order chi connectivity index (χ1) is 11.7. The van der Waals surface area contributed by atoms with Gasteiger partial charge in [-0.15, -0.1) is 0 Å². The fraction of sp³-hybridized carbons (Fsp3) is 0.278. The van der Waals surface area contributed by atoms with E-state index < -0.39 is 0 Å². The van der Waals surface area contributed by atoms with Gasteiger partial charge in [-0.25, -0.2) is 4.79 Å². The Morgan fingerprint density at radius 2 is 1.96 bits per heavy atom. The Balaban J connectivity index is 1.49. The van der Waals surface area contributed by atoms with Crippen molar-refractivity contribution in [2.75, 3.05) is 23.8 Å². The maximum Gasteiger partial charge on any atom is 0.323 e. The van der Waals surface area contributed by atoms with Gasteiger partial charge in [-0.2, -0.15) is 0 Å². The van der Waals surface area contributed by atoms with Crippen LogP contribution in [0.2, 0.25) is 5.02 Å². The zero-order valence-electron chi connectivity index (χ0n) is 13.1. The molecule has 6 heteroatoms. The van der Waals surface area contributed by atoms with Crippen molar-refractivity contribution in [2.45, 2.75) is 18.9 Å². The van der Waals surface area contributed by atoms with Gasteiger partial charge in [-0.1, -0.05) is 17.7 Å². The highest BCUT2D eigenvalue weighted by molar-refractivity contribution is 6.30. The second kappa shape index (κ2) is 8.04. The molecule has 0 saturated carbocycles. The van der Waals surface area contributed by atoms with Crippen LogP contribution in [0.1, 0.15) is 12.8 Å². The number of benzene rings is 2. The summed E-state index contributed by atoms with van der Waals surface area (Å²) >= 11 is 5.89. The van der Waals surface area contributed by atoms with Gasteiger partial charge in [0.05, 0.1) is 6.10 Å². The van der Waals surface area contributed by atoms with Crippen LogP contribution in [-0.2, 0) is 4.74 Å². The predicted octanol–water partition coefficient (Wildman–Crippen LogP) is 4.54. The number of anilines is 2. The molecule has 2 aromatic carbocycles. The molecular formula is C18H19ClN2O3. The third-order valence-corrected chi connectivity index (χ3v) is 3.89. The molecule has 1 aliphatic heterocycles. The van der Waals surface area contributed by atoms with E-state index in [0.29, 0.717) is 23.0 Å². The van der Waals surface area contributed by atoms with Crippen LogP contribution in [0.3, 0.4) is 0 Å². The molecule has 1 heterocycles. The Morgan fingerprint density at radius 1 is 1.17 bits per heavy atom. The first-order valence-corrected chi connectivity index (χ1v) is 8.25. The normalized spacial score (nSPS) is 16.6. The van der Waals surface area contributed by atoms with Gasteiger partial charge >= 0.3 is 6.03 Å². The van der Waals surface area contributed by atoms with Crippen LogP contribution in [0.5, 0.6) is 5.75 Å². The summed E-state index contributed by atoms with van der Waals surface area (Å²) in [4.78, 5) is 12.0. The molecule has 2 amide bonds. The topological polar surface area (TPSA) is 59.6 Å². The molecule has 126 valence electrons. The lowest BCUT2D eigenvalue weighted by Crippen LogP contribution is -2.19. The van der Waals surface area contributed by atoms with Crippen molar-refractivity contribution in [3.8, 4) is 5.75 Å². The van der Waals surface area contributed by atoms with E-state index in [2.05, 4.69) is 10.6 Å². The van der Waals surface area contributed by atoms with Gasteiger partial charge in [0.25, 0.3) is 0 Å². The maximum atomic E-state index is 12.0. The Hall–Kier alpha value is -2.24. The van der Waals surface area contributed by atoms with E-state index in [1.54, 1.807) is 36.4 Å². The highest BCUT2D eigenvalue weighted by atomic mass is 35.5. The van der Waals surface area contributed by atoms with Crippen LogP contribution < -0.4 is 15.4 Å². The summed E-state index contributed by atoms with van der Waals surface area (Å²) in [5.41, 5.74) is 1.32. The van der Waals surface area contributed by atoms with Crippen molar-refractivity contribution in [3.63, 3.8) is 0 Å². The highest BCUT2D eigenvalue weighted by Gasteiger charge is 2.15. The Bertz CT molecular complexity index is 685. The molecule has 5 nitrogen and oxygen atoms in total. The first kappa shape index (κ1) is 16.6. The van der Waals surface area contributed by atoms with Crippen LogP contribution in [0.4, 0.5) is 16.2 Å². The number of amides is 2. The van der Waals surface area contributed by atoms with E-state index in [9.17, 15) is 4.79 Å². The molecule has 0 aromatic heterocycles. The van der Waals surface area contributed by atoms with E-state index in [4.69, 9.17) is 21.1 Å². The summed E-state index contributed by atoms with van der Waals surface area (Å²) in [6, 6.07) is 13.9. The van der Waals surface area contributed by atoms with E-state index >= 15 is 0 Å². The minimum atomic E-state index is -0.328. The highest BCUT2D eigenvalue weighted by Crippen LogP contribution is 2.19. The molecule has 1 aliphatic rings. The average Bonchev–Trinajstić information content (AvgIpc) is 3.07. The molecule has 0 spiro atoms. The van der Waals surface area contributed by atoms with Gasteiger partial charge in [0.2, 0.25) is 0 Å². The van der Waals surface area contributed by atoms with Crippen molar-refractivity contribution in [1.29, 1.82) is 0 Å². The second-order valence-electron chi connectivity index (χ2n) is 5.56. The molecule has 0 aliphatic carbocycles. The van der Waals surface area contributed by atoms with Gasteiger partial charge in [-0.05, 0) is 55.3 Å². The maximum absolute atomic E-state index is 12.0. The largest absolute Gasteiger partial charge is 0.491 e. The van der Waals surface area contributed by atoms with Gasteiger partial charge < -0.3 is 20.1 Å². The minimum absolute atomic E-state index is 0.186. The average molecular weight is 347 g/mol. The van der Waals surface area contributed by atoms with Crippen molar-refractivity contribution in [3.05, 3.63) is 53.6 Å². The molecule has 2 aromatic rings. The Labute approximate surface area is 145 Å². The molecule has 0 unspecified atom stereocenters. The smallest absolute Gasteiger partial charge is 0.323 e. The molecule has 0 bridgehead atoms. The summed E-state index contributed by atoms with van der Waals surface area (Å²) in [6.07, 6.45) is 2.33. The van der Waals surface area contributed by atoms with Crippen LogP contribution in [0.25, 0.3) is 0 Å². The number of nitrogens with one attached hydrogen (secondary N) is 2. The first-order valence-electron chi connectivity index (χ1n) is 7.87. The molecule has 3 rings (SSSR count). The van der Waals surface area contributed by atoms with E-state index in [-0.39, 0.29) is 12.1 Å². The number of hydrogen-bond donors (Lipinski definition) is 2. The number of rotatable bonds is 5. The van der Waals surface area contributed by atoms with Crippen LogP contribution in [0, 0.1) is 0 Å². The fourth-order valence-corrected chi connectivity index (χ4v) is 2.65.